The van der Waals surface area contributed by atoms with E-state index in [1.807, 2.05) is 32.0 Å². The van der Waals surface area contributed by atoms with Gasteiger partial charge in [-0.2, -0.15) is 0 Å². The number of carbonyl (C=O) groups excluding carboxylic acids is 1. The molecule has 0 aliphatic carbocycles. The van der Waals surface area contributed by atoms with Crippen LogP contribution < -0.4 is 16.8 Å². The Hall–Kier alpha value is -2.28. The molecule has 21 heavy (non-hydrogen) atoms. The van der Waals surface area contributed by atoms with E-state index in [0.717, 1.165) is 11.3 Å². The number of nitrogens with zero attached hydrogens (tertiary/aromatic N) is 2. The molecule has 1 aromatic heterocycles. The molecule has 0 radical (unpaired) electrons. The van der Waals surface area contributed by atoms with Crippen LogP contribution in [0.2, 0.25) is 0 Å². The number of hydrogen-bond acceptors (Lipinski definition) is 6. The van der Waals surface area contributed by atoms with E-state index in [0.29, 0.717) is 16.8 Å². The summed E-state index contributed by atoms with van der Waals surface area (Å²) in [6, 6.07) is 7.26. The second-order valence-electron chi connectivity index (χ2n) is 4.64. The van der Waals surface area contributed by atoms with Crippen molar-refractivity contribution in [1.29, 1.82) is 0 Å². The lowest BCUT2D eigenvalue weighted by molar-refractivity contribution is -0.113. The van der Waals surface area contributed by atoms with Crippen molar-refractivity contribution in [3.05, 3.63) is 35.4 Å². The number of hydrogen-bond donors (Lipinski definition) is 3. The molecule has 0 unspecified atom stereocenters. The zero-order valence-corrected chi connectivity index (χ0v) is 12.7. The minimum atomic E-state index is -0.132. The highest BCUT2D eigenvalue weighted by Crippen LogP contribution is 2.18. The number of thioether (sulfide) groups is 1. The van der Waals surface area contributed by atoms with Crippen LogP contribution in [-0.2, 0) is 4.79 Å². The van der Waals surface area contributed by atoms with Gasteiger partial charge in [0.05, 0.1) is 5.75 Å². The highest BCUT2D eigenvalue weighted by atomic mass is 32.2. The van der Waals surface area contributed by atoms with Gasteiger partial charge < -0.3 is 16.8 Å². The van der Waals surface area contributed by atoms with Gasteiger partial charge in [-0.3, -0.25) is 4.79 Å². The van der Waals surface area contributed by atoms with Gasteiger partial charge in [0.2, 0.25) is 5.91 Å². The fourth-order valence-corrected chi connectivity index (χ4v) is 2.35. The Balaban J connectivity index is 1.94. The molecule has 0 aliphatic heterocycles. The minimum Gasteiger partial charge on any atom is -0.383 e. The third-order valence-corrected chi connectivity index (χ3v) is 3.72. The van der Waals surface area contributed by atoms with E-state index in [1.54, 1.807) is 0 Å². The van der Waals surface area contributed by atoms with E-state index in [2.05, 4.69) is 15.3 Å². The van der Waals surface area contributed by atoms with Gasteiger partial charge in [0.15, 0.2) is 5.16 Å². The zero-order valence-electron chi connectivity index (χ0n) is 11.9. The number of nitrogen functional groups attached to an aromatic ring is 2. The van der Waals surface area contributed by atoms with Crippen LogP contribution in [0.5, 0.6) is 0 Å². The summed E-state index contributed by atoms with van der Waals surface area (Å²) in [5.74, 6) is 0.641. The van der Waals surface area contributed by atoms with Gasteiger partial charge in [0.25, 0.3) is 0 Å². The maximum atomic E-state index is 11.9. The Morgan fingerprint density at radius 2 is 1.81 bits per heavy atom. The van der Waals surface area contributed by atoms with Crippen molar-refractivity contribution in [2.75, 3.05) is 22.5 Å². The molecular formula is C14H17N5OS. The number of aromatic nitrogens is 2. The van der Waals surface area contributed by atoms with Crippen molar-refractivity contribution < 1.29 is 4.79 Å². The van der Waals surface area contributed by atoms with Crippen LogP contribution in [0.4, 0.5) is 17.3 Å². The van der Waals surface area contributed by atoms with Crippen molar-refractivity contribution in [2.24, 2.45) is 0 Å². The molecule has 0 fully saturated rings. The predicted molar refractivity (Wildman–Crippen MR) is 86.1 cm³/mol. The average Bonchev–Trinajstić information content (AvgIpc) is 2.40. The molecule has 0 atom stereocenters. The van der Waals surface area contributed by atoms with Gasteiger partial charge in [-0.05, 0) is 37.1 Å². The fraction of sp³-hybridized carbons (Fsp3) is 0.214. The average molecular weight is 303 g/mol. The monoisotopic (exact) mass is 303 g/mol. The lowest BCUT2D eigenvalue weighted by Crippen LogP contribution is -2.14. The summed E-state index contributed by atoms with van der Waals surface area (Å²) >= 11 is 1.19. The Morgan fingerprint density at radius 3 is 2.43 bits per heavy atom. The summed E-state index contributed by atoms with van der Waals surface area (Å²) in [7, 11) is 0. The largest absolute Gasteiger partial charge is 0.383 e. The number of nitrogens with one attached hydrogen (secondary N) is 1. The molecule has 0 saturated heterocycles. The standard InChI is InChI=1S/C14H17N5OS/c1-8-3-4-10(5-9(8)2)17-13(20)7-21-14-18-11(15)6-12(16)19-14/h3-6H,7H2,1-2H3,(H,17,20)(H4,15,16,18,19). The van der Waals surface area contributed by atoms with Gasteiger partial charge in [-0.15, -0.1) is 0 Å². The Labute approximate surface area is 127 Å². The van der Waals surface area contributed by atoms with Gasteiger partial charge in [-0.1, -0.05) is 17.8 Å². The molecular weight excluding hydrogens is 286 g/mol. The lowest BCUT2D eigenvalue weighted by Gasteiger charge is -2.07. The molecule has 2 aromatic rings. The van der Waals surface area contributed by atoms with Gasteiger partial charge in [0, 0.05) is 11.8 Å². The van der Waals surface area contributed by atoms with Crippen LogP contribution in [0, 0.1) is 13.8 Å². The highest BCUT2D eigenvalue weighted by molar-refractivity contribution is 7.99. The number of anilines is 3. The van der Waals surface area contributed by atoms with Crippen molar-refractivity contribution in [3.63, 3.8) is 0 Å². The maximum Gasteiger partial charge on any atom is 0.234 e. The Kier molecular flexibility index (Phi) is 4.64. The summed E-state index contributed by atoms with van der Waals surface area (Å²) in [5.41, 5.74) is 14.2. The third kappa shape index (κ3) is 4.35. The Bertz CT molecular complexity index is 654. The van der Waals surface area contributed by atoms with Crippen LogP contribution in [0.25, 0.3) is 0 Å². The zero-order chi connectivity index (χ0) is 15.4. The second kappa shape index (κ2) is 6.45. The van der Waals surface area contributed by atoms with E-state index in [-0.39, 0.29) is 11.7 Å². The van der Waals surface area contributed by atoms with E-state index < -0.39 is 0 Å². The van der Waals surface area contributed by atoms with Gasteiger partial charge in [-0.25, -0.2) is 9.97 Å². The molecule has 1 amide bonds. The Morgan fingerprint density at radius 1 is 1.14 bits per heavy atom. The molecule has 7 heteroatoms. The number of aryl methyl sites for hydroxylation is 2. The smallest absolute Gasteiger partial charge is 0.234 e. The number of carbonyl (C=O) groups is 1. The van der Waals surface area contributed by atoms with E-state index in [9.17, 15) is 4.79 Å². The first-order valence-electron chi connectivity index (χ1n) is 6.34. The summed E-state index contributed by atoms with van der Waals surface area (Å²) in [4.78, 5) is 19.9. The molecule has 6 nitrogen and oxygen atoms in total. The molecule has 0 aliphatic rings. The van der Waals surface area contributed by atoms with E-state index in [4.69, 9.17) is 11.5 Å². The van der Waals surface area contributed by atoms with Crippen molar-refractivity contribution in [1.82, 2.24) is 9.97 Å². The predicted octanol–water partition coefficient (Wildman–Crippen LogP) is 1.99. The molecule has 5 N–H and O–H groups in total. The minimum absolute atomic E-state index is 0.132. The van der Waals surface area contributed by atoms with Crippen molar-refractivity contribution in [3.8, 4) is 0 Å². The quantitative estimate of drug-likeness (QED) is 0.589. The molecule has 2 rings (SSSR count). The fourth-order valence-electron chi connectivity index (χ4n) is 1.67. The van der Waals surface area contributed by atoms with Crippen LogP contribution in [0.15, 0.2) is 29.4 Å². The van der Waals surface area contributed by atoms with Crippen LogP contribution >= 0.6 is 11.8 Å². The number of rotatable bonds is 4. The molecule has 0 bridgehead atoms. The second-order valence-corrected chi connectivity index (χ2v) is 5.58. The summed E-state index contributed by atoms with van der Waals surface area (Å²) in [5, 5.41) is 3.22. The number of benzene rings is 1. The lowest BCUT2D eigenvalue weighted by atomic mass is 10.1. The normalized spacial score (nSPS) is 10.4. The van der Waals surface area contributed by atoms with Gasteiger partial charge >= 0.3 is 0 Å². The molecule has 110 valence electrons. The van der Waals surface area contributed by atoms with Crippen LogP contribution in [-0.4, -0.2) is 21.6 Å². The van der Waals surface area contributed by atoms with Crippen LogP contribution in [0.3, 0.4) is 0 Å². The topological polar surface area (TPSA) is 107 Å². The summed E-state index contributed by atoms with van der Waals surface area (Å²) in [6.45, 7) is 4.03. The SMILES string of the molecule is Cc1ccc(NC(=O)CSc2nc(N)cc(N)n2)cc1C. The van der Waals surface area contributed by atoms with Crippen LogP contribution in [0.1, 0.15) is 11.1 Å². The van der Waals surface area contributed by atoms with E-state index >= 15 is 0 Å². The molecule has 0 spiro atoms. The first-order chi connectivity index (χ1) is 9.94. The highest BCUT2D eigenvalue weighted by Gasteiger charge is 2.07. The van der Waals surface area contributed by atoms with Crippen molar-refractivity contribution >= 4 is 35.0 Å². The number of amides is 1. The third-order valence-electron chi connectivity index (χ3n) is 2.87. The first-order valence-corrected chi connectivity index (χ1v) is 7.32. The molecule has 0 saturated carbocycles. The molecule has 1 aromatic carbocycles. The summed E-state index contributed by atoms with van der Waals surface area (Å²) in [6.07, 6.45) is 0. The van der Waals surface area contributed by atoms with Gasteiger partial charge in [0.1, 0.15) is 11.6 Å². The molecule has 1 heterocycles. The van der Waals surface area contributed by atoms with Crippen molar-refractivity contribution in [2.45, 2.75) is 19.0 Å². The summed E-state index contributed by atoms with van der Waals surface area (Å²) < 4.78 is 0. The maximum absolute atomic E-state index is 11.9. The van der Waals surface area contributed by atoms with E-state index in [1.165, 1.54) is 23.4 Å². The number of nitrogens with two attached hydrogens (primary N) is 2. The first kappa shape index (κ1) is 15.1.